The van der Waals surface area contributed by atoms with Gasteiger partial charge in [0.2, 0.25) is 0 Å². The van der Waals surface area contributed by atoms with Gasteiger partial charge in [0, 0.05) is 13.0 Å². The smallest absolute Gasteiger partial charge is 0.306 e. The average molecular weight is 851 g/mol. The normalized spacial score (nSPS) is 20.3. The van der Waals surface area contributed by atoms with E-state index < -0.39 is 43.4 Å². The van der Waals surface area contributed by atoms with E-state index in [4.69, 9.17) is 18.9 Å². The van der Waals surface area contributed by atoms with Gasteiger partial charge in [-0.15, -0.1) is 0 Å². The molecule has 1 aliphatic rings. The second-order valence-corrected chi connectivity index (χ2v) is 17.3. The summed E-state index contributed by atoms with van der Waals surface area (Å²) >= 11 is 0. The van der Waals surface area contributed by atoms with Gasteiger partial charge < -0.3 is 39.4 Å². The molecular formula is C51H94O9. The van der Waals surface area contributed by atoms with Gasteiger partial charge in [0.15, 0.2) is 6.29 Å². The molecule has 6 unspecified atom stereocenters. The summed E-state index contributed by atoms with van der Waals surface area (Å²) in [5, 5.41) is 40.2. The number of hydrogen-bond acceptors (Lipinski definition) is 9. The van der Waals surface area contributed by atoms with Gasteiger partial charge in [-0.25, -0.2) is 0 Å². The van der Waals surface area contributed by atoms with Crippen LogP contribution in [0.4, 0.5) is 0 Å². The van der Waals surface area contributed by atoms with Crippen LogP contribution in [0, 0.1) is 0 Å². The van der Waals surface area contributed by atoms with E-state index in [1.54, 1.807) is 0 Å². The van der Waals surface area contributed by atoms with Crippen molar-refractivity contribution in [3.05, 3.63) is 36.5 Å². The summed E-state index contributed by atoms with van der Waals surface area (Å²) < 4.78 is 22.9. The zero-order valence-corrected chi connectivity index (χ0v) is 38.7. The Morgan fingerprint density at radius 2 is 0.967 bits per heavy atom. The summed E-state index contributed by atoms with van der Waals surface area (Å²) in [7, 11) is 0. The van der Waals surface area contributed by atoms with Gasteiger partial charge in [-0.2, -0.15) is 0 Å². The maximum absolute atomic E-state index is 12.8. The molecule has 352 valence electrons. The Kier molecular flexibility index (Phi) is 40.2. The Morgan fingerprint density at radius 3 is 1.45 bits per heavy atom. The number of aliphatic hydroxyl groups is 4. The summed E-state index contributed by atoms with van der Waals surface area (Å²) in [4.78, 5) is 12.8. The fourth-order valence-corrected chi connectivity index (χ4v) is 7.62. The molecule has 0 bridgehead atoms. The van der Waals surface area contributed by atoms with Crippen LogP contribution >= 0.6 is 0 Å². The van der Waals surface area contributed by atoms with E-state index in [2.05, 4.69) is 50.3 Å². The zero-order valence-electron chi connectivity index (χ0n) is 38.7. The fourth-order valence-electron chi connectivity index (χ4n) is 7.62. The molecule has 0 aliphatic carbocycles. The molecule has 4 N–H and O–H groups in total. The minimum Gasteiger partial charge on any atom is -0.457 e. The number of esters is 1. The first-order valence-electron chi connectivity index (χ1n) is 25.1. The van der Waals surface area contributed by atoms with Crippen molar-refractivity contribution >= 4 is 5.97 Å². The minimum atomic E-state index is -1.54. The van der Waals surface area contributed by atoms with Crippen LogP contribution < -0.4 is 0 Å². The first-order chi connectivity index (χ1) is 29.4. The lowest BCUT2D eigenvalue weighted by molar-refractivity contribution is -0.305. The van der Waals surface area contributed by atoms with Crippen LogP contribution in [0.5, 0.6) is 0 Å². The van der Waals surface area contributed by atoms with Crippen molar-refractivity contribution in [1.82, 2.24) is 0 Å². The monoisotopic (exact) mass is 851 g/mol. The van der Waals surface area contributed by atoms with E-state index >= 15 is 0 Å². The van der Waals surface area contributed by atoms with Crippen LogP contribution in [0.3, 0.4) is 0 Å². The van der Waals surface area contributed by atoms with E-state index in [1.165, 1.54) is 141 Å². The molecule has 0 saturated carbocycles. The van der Waals surface area contributed by atoms with Crippen molar-refractivity contribution in [1.29, 1.82) is 0 Å². The molecule has 1 heterocycles. The number of rotatable bonds is 43. The third kappa shape index (κ3) is 33.0. The molecule has 1 aliphatic heterocycles. The number of unbranched alkanes of at least 4 members (excludes halogenated alkanes) is 26. The second kappa shape index (κ2) is 42.7. The predicted molar refractivity (Wildman–Crippen MR) is 247 cm³/mol. The Bertz CT molecular complexity index is 1010. The topological polar surface area (TPSA) is 135 Å². The largest absolute Gasteiger partial charge is 0.457 e. The lowest BCUT2D eigenvalue weighted by atomic mass is 9.99. The quantitative estimate of drug-likeness (QED) is 0.0269. The summed E-state index contributed by atoms with van der Waals surface area (Å²) in [5.74, 6) is -0.323. The van der Waals surface area contributed by atoms with Gasteiger partial charge in [-0.3, -0.25) is 4.79 Å². The SMILES string of the molecule is CCCCCCC/C=C\C/C=C\C/C=C\CCCCCCCCC(=O)OC(COCCCCCCCCCCCCCCCCCC)COC1OC(CO)C(O)C(O)C1O. The van der Waals surface area contributed by atoms with Gasteiger partial charge in [-0.1, -0.05) is 198 Å². The summed E-state index contributed by atoms with van der Waals surface area (Å²) in [5.41, 5.74) is 0. The number of allylic oxidation sites excluding steroid dienone is 6. The Morgan fingerprint density at radius 1 is 0.533 bits per heavy atom. The molecule has 9 nitrogen and oxygen atoms in total. The highest BCUT2D eigenvalue weighted by Crippen LogP contribution is 2.23. The Labute approximate surface area is 368 Å². The third-order valence-corrected chi connectivity index (χ3v) is 11.6. The molecule has 1 rings (SSSR count). The lowest BCUT2D eigenvalue weighted by Gasteiger charge is -2.39. The van der Waals surface area contributed by atoms with Crippen molar-refractivity contribution in [2.45, 2.75) is 256 Å². The van der Waals surface area contributed by atoms with Crippen LogP contribution in [0.2, 0.25) is 0 Å². The molecule has 9 heteroatoms. The Hall–Kier alpha value is -1.59. The van der Waals surface area contributed by atoms with Gasteiger partial charge in [0.05, 0.1) is 19.8 Å². The zero-order chi connectivity index (χ0) is 43.6. The highest BCUT2D eigenvalue weighted by Gasteiger charge is 2.44. The highest BCUT2D eigenvalue weighted by molar-refractivity contribution is 5.69. The molecule has 0 spiro atoms. The van der Waals surface area contributed by atoms with E-state index in [0.29, 0.717) is 13.0 Å². The first-order valence-corrected chi connectivity index (χ1v) is 25.1. The van der Waals surface area contributed by atoms with Gasteiger partial charge in [0.1, 0.15) is 30.5 Å². The third-order valence-electron chi connectivity index (χ3n) is 11.6. The van der Waals surface area contributed by atoms with Crippen molar-refractivity contribution in [3.8, 4) is 0 Å². The summed E-state index contributed by atoms with van der Waals surface area (Å²) in [6.07, 6.45) is 44.5. The van der Waals surface area contributed by atoms with Crippen LogP contribution in [-0.2, 0) is 23.7 Å². The maximum Gasteiger partial charge on any atom is 0.306 e. The number of hydrogen-bond donors (Lipinski definition) is 4. The average Bonchev–Trinajstić information content (AvgIpc) is 3.25. The molecule has 0 amide bonds. The predicted octanol–water partition coefficient (Wildman–Crippen LogP) is 11.9. The molecular weight excluding hydrogens is 757 g/mol. The molecule has 60 heavy (non-hydrogen) atoms. The molecule has 6 atom stereocenters. The van der Waals surface area contributed by atoms with Crippen molar-refractivity contribution in [2.24, 2.45) is 0 Å². The van der Waals surface area contributed by atoms with Crippen LogP contribution in [0.1, 0.15) is 219 Å². The molecule has 0 aromatic heterocycles. The Balaban J connectivity index is 2.23. The summed E-state index contributed by atoms with van der Waals surface area (Å²) in [6, 6.07) is 0. The van der Waals surface area contributed by atoms with Crippen molar-refractivity contribution in [3.63, 3.8) is 0 Å². The molecule has 0 aromatic rings. The van der Waals surface area contributed by atoms with Gasteiger partial charge >= 0.3 is 5.97 Å². The second-order valence-electron chi connectivity index (χ2n) is 17.3. The molecule has 1 fully saturated rings. The van der Waals surface area contributed by atoms with Crippen LogP contribution in [0.25, 0.3) is 0 Å². The van der Waals surface area contributed by atoms with Gasteiger partial charge in [0.25, 0.3) is 0 Å². The van der Waals surface area contributed by atoms with E-state index in [-0.39, 0.29) is 19.2 Å². The van der Waals surface area contributed by atoms with Crippen LogP contribution in [0.15, 0.2) is 36.5 Å². The summed E-state index contributed by atoms with van der Waals surface area (Å²) in [6.45, 7) is 4.56. The van der Waals surface area contributed by atoms with E-state index in [1.807, 2.05) is 0 Å². The number of ether oxygens (including phenoxy) is 4. The lowest BCUT2D eigenvalue weighted by Crippen LogP contribution is -2.59. The highest BCUT2D eigenvalue weighted by atomic mass is 16.7. The first kappa shape index (κ1) is 56.4. The number of carbonyl (C=O) groups excluding carboxylic acids is 1. The molecule has 1 saturated heterocycles. The van der Waals surface area contributed by atoms with Crippen LogP contribution in [-0.4, -0.2) is 89.6 Å². The van der Waals surface area contributed by atoms with Gasteiger partial charge in [-0.05, 0) is 51.4 Å². The fraction of sp³-hybridized carbons (Fsp3) is 0.863. The maximum atomic E-state index is 12.8. The molecule has 0 radical (unpaired) electrons. The van der Waals surface area contributed by atoms with E-state index in [9.17, 15) is 25.2 Å². The standard InChI is InChI=1S/C51H94O9/c1-3-5-7-9-11-13-15-17-19-21-22-23-24-25-26-28-30-32-34-36-38-40-47(53)59-45(44-58-51-50(56)49(55)48(54)46(42-52)60-51)43-57-41-39-37-35-33-31-29-27-20-18-16-14-12-10-8-6-4-2/h15,17,21-22,24-25,45-46,48-52,54-56H,3-14,16,18-20,23,26-44H2,1-2H3/b17-15-,22-21-,25-24-. The number of carbonyl (C=O) groups is 1. The molecule has 0 aromatic carbocycles. The van der Waals surface area contributed by atoms with Crippen molar-refractivity contribution in [2.75, 3.05) is 26.4 Å². The van der Waals surface area contributed by atoms with Crippen molar-refractivity contribution < 1.29 is 44.2 Å². The van der Waals surface area contributed by atoms with E-state index in [0.717, 1.165) is 57.8 Å². The number of aliphatic hydroxyl groups excluding tert-OH is 4. The minimum absolute atomic E-state index is 0.116.